The molecule has 1 aromatic carbocycles. The van der Waals surface area contributed by atoms with Crippen LogP contribution in [-0.4, -0.2) is 0 Å². The van der Waals surface area contributed by atoms with Crippen LogP contribution in [0.4, 0.5) is 5.69 Å². The van der Waals surface area contributed by atoms with Gasteiger partial charge >= 0.3 is 29.6 Å². The van der Waals surface area contributed by atoms with Crippen molar-refractivity contribution < 1.29 is 29.6 Å². The minimum atomic E-state index is 0. The van der Waals surface area contributed by atoms with Gasteiger partial charge in [0.2, 0.25) is 0 Å². The Labute approximate surface area is 81.9 Å². The topological polar surface area (TPSA) is 47.6 Å². The molecule has 44 valence electrons. The Morgan fingerprint density at radius 1 is 1.20 bits per heavy atom. The molecule has 0 saturated heterocycles. The van der Waals surface area contributed by atoms with Gasteiger partial charge in [-0.3, -0.25) is 0 Å². The van der Waals surface area contributed by atoms with Crippen molar-refractivity contribution in [2.24, 2.45) is 0 Å². The van der Waals surface area contributed by atoms with Crippen LogP contribution in [0.5, 0.6) is 0 Å². The Morgan fingerprint density at radius 2 is 1.70 bits per heavy atom. The zero-order valence-electron chi connectivity index (χ0n) is 5.76. The van der Waals surface area contributed by atoms with E-state index in [9.17, 15) is 0 Å². The molecule has 0 aromatic heterocycles. The second kappa shape index (κ2) is 4.35. The average Bonchev–Trinajstić information content (AvgIpc) is 1.90. The number of hydrogen-bond acceptors (Lipinski definition) is 1. The van der Waals surface area contributed by atoms with Crippen LogP contribution in [-0.2, 0) is 0 Å². The number of hydrogen-bond donors (Lipinski definition) is 0. The van der Waals surface area contributed by atoms with Crippen molar-refractivity contribution >= 4 is 5.69 Å². The summed E-state index contributed by atoms with van der Waals surface area (Å²) in [6.45, 7) is 0. The fourth-order valence-corrected chi connectivity index (χ4v) is 0.545. The van der Waals surface area contributed by atoms with Gasteiger partial charge in [-0.1, -0.05) is 12.1 Å². The van der Waals surface area contributed by atoms with Crippen LogP contribution in [0.1, 0.15) is 5.56 Å². The smallest absolute Gasteiger partial charge is 0.699 e. The monoisotopic (exact) mass is 140 g/mol. The minimum absolute atomic E-state index is 0. The third kappa shape index (κ3) is 2.40. The molecule has 0 spiro atoms. The van der Waals surface area contributed by atoms with Crippen LogP contribution in [0.15, 0.2) is 24.3 Å². The first-order chi connectivity index (χ1) is 4.33. The third-order valence-corrected chi connectivity index (χ3v) is 1.01. The summed E-state index contributed by atoms with van der Waals surface area (Å²) in [6.07, 6.45) is 0. The summed E-state index contributed by atoms with van der Waals surface area (Å²) in [6, 6.07) is 8.42. The number of nitriles is 1. The number of benzene rings is 1. The van der Waals surface area contributed by atoms with E-state index in [1.807, 2.05) is 6.07 Å². The summed E-state index contributed by atoms with van der Waals surface area (Å²) in [4.78, 5) is 0. The fourth-order valence-electron chi connectivity index (χ4n) is 0.545. The second-order valence-corrected chi connectivity index (χ2v) is 1.69. The van der Waals surface area contributed by atoms with Gasteiger partial charge in [0.1, 0.15) is 0 Å². The summed E-state index contributed by atoms with van der Waals surface area (Å²) in [5.74, 6) is 0. The molecule has 3 heteroatoms. The summed E-state index contributed by atoms with van der Waals surface area (Å²) in [5, 5.41) is 8.32. The van der Waals surface area contributed by atoms with E-state index >= 15 is 0 Å². The molecule has 2 nitrogen and oxygen atoms in total. The first kappa shape index (κ1) is 9.51. The van der Waals surface area contributed by atoms with Crippen LogP contribution in [0.25, 0.3) is 5.73 Å². The number of rotatable bonds is 0. The van der Waals surface area contributed by atoms with E-state index in [1.54, 1.807) is 24.3 Å². The molecule has 1 N–H and O–H groups in total. The summed E-state index contributed by atoms with van der Waals surface area (Å²) < 4.78 is 0. The Morgan fingerprint density at radius 3 is 2.10 bits per heavy atom. The average molecular weight is 140 g/mol. The molecule has 0 heterocycles. The molecular weight excluding hydrogens is 135 g/mol. The normalized spacial score (nSPS) is 7.50. The van der Waals surface area contributed by atoms with E-state index < -0.39 is 0 Å². The minimum Gasteiger partial charge on any atom is -0.699 e. The van der Waals surface area contributed by atoms with Gasteiger partial charge in [-0.25, -0.2) is 0 Å². The fraction of sp³-hybridized carbons (Fsp3) is 0. The van der Waals surface area contributed by atoms with Crippen LogP contribution in [0.3, 0.4) is 0 Å². The van der Waals surface area contributed by atoms with Gasteiger partial charge in [-0.15, -0.1) is 5.69 Å². The summed E-state index contributed by atoms with van der Waals surface area (Å²) in [7, 11) is 0. The standard InChI is InChI=1S/C7H5N2.Na/c8-5-6-1-3-7(9)4-2-6;/h1-4,9H;/q-1;+1. The zero-order valence-corrected chi connectivity index (χ0v) is 7.76. The molecular formula is C7H5N2Na. The first-order valence-corrected chi connectivity index (χ1v) is 2.54. The van der Waals surface area contributed by atoms with Crippen molar-refractivity contribution in [1.29, 1.82) is 5.26 Å². The quantitative estimate of drug-likeness (QED) is 0.437. The molecule has 0 fully saturated rings. The Balaban J connectivity index is 0.000000810. The Bertz CT molecular complexity index is 235. The van der Waals surface area contributed by atoms with Crippen LogP contribution < -0.4 is 29.6 Å². The number of nitrogens with zero attached hydrogens (tertiary/aromatic N) is 1. The summed E-state index contributed by atoms with van der Waals surface area (Å²) >= 11 is 0. The van der Waals surface area contributed by atoms with Gasteiger partial charge in [0.05, 0.1) is 11.6 Å². The van der Waals surface area contributed by atoms with E-state index in [0.29, 0.717) is 11.3 Å². The molecule has 1 rings (SSSR count). The first-order valence-electron chi connectivity index (χ1n) is 2.54. The van der Waals surface area contributed by atoms with Gasteiger partial charge in [0, 0.05) is 0 Å². The molecule has 0 aliphatic carbocycles. The van der Waals surface area contributed by atoms with Crippen molar-refractivity contribution in [3.8, 4) is 6.07 Å². The van der Waals surface area contributed by atoms with Crippen LogP contribution in [0, 0.1) is 11.3 Å². The van der Waals surface area contributed by atoms with Crippen molar-refractivity contribution in [2.75, 3.05) is 0 Å². The molecule has 0 aliphatic heterocycles. The van der Waals surface area contributed by atoms with E-state index in [4.69, 9.17) is 11.0 Å². The number of nitrogens with one attached hydrogen (secondary N) is 1. The molecule has 0 saturated carbocycles. The predicted octanol–water partition coefficient (Wildman–Crippen LogP) is -0.754. The van der Waals surface area contributed by atoms with Crippen molar-refractivity contribution in [3.63, 3.8) is 0 Å². The van der Waals surface area contributed by atoms with Gasteiger partial charge in [-0.2, -0.15) is 5.26 Å². The maximum atomic E-state index is 8.32. The second-order valence-electron chi connectivity index (χ2n) is 1.69. The molecule has 0 bridgehead atoms. The Hall–Kier alpha value is -0.490. The van der Waals surface area contributed by atoms with Crippen LogP contribution >= 0.6 is 0 Å². The molecule has 0 amide bonds. The molecule has 1 aromatic rings. The van der Waals surface area contributed by atoms with Crippen molar-refractivity contribution in [3.05, 3.63) is 35.6 Å². The summed E-state index contributed by atoms with van der Waals surface area (Å²) in [5.41, 5.74) is 8.10. The van der Waals surface area contributed by atoms with E-state index in [-0.39, 0.29) is 29.6 Å². The van der Waals surface area contributed by atoms with Gasteiger partial charge in [0.25, 0.3) is 0 Å². The van der Waals surface area contributed by atoms with Gasteiger partial charge in [0.15, 0.2) is 0 Å². The SMILES string of the molecule is N#Cc1ccc([NH-])cc1.[Na+]. The van der Waals surface area contributed by atoms with Crippen molar-refractivity contribution in [1.82, 2.24) is 0 Å². The van der Waals surface area contributed by atoms with E-state index in [2.05, 4.69) is 0 Å². The molecule has 0 aliphatic rings. The maximum Gasteiger partial charge on any atom is 1.00 e. The van der Waals surface area contributed by atoms with Crippen LogP contribution in [0.2, 0.25) is 0 Å². The van der Waals surface area contributed by atoms with Gasteiger partial charge < -0.3 is 5.73 Å². The largest absolute Gasteiger partial charge is 1.00 e. The van der Waals surface area contributed by atoms with Crippen molar-refractivity contribution in [2.45, 2.75) is 0 Å². The third-order valence-electron chi connectivity index (χ3n) is 1.01. The molecule has 10 heavy (non-hydrogen) atoms. The predicted molar refractivity (Wildman–Crippen MR) is 35.1 cm³/mol. The maximum absolute atomic E-state index is 8.32. The van der Waals surface area contributed by atoms with E-state index in [1.165, 1.54) is 0 Å². The molecule has 0 atom stereocenters. The Kier molecular flexibility index (Phi) is 4.13. The molecule has 0 radical (unpaired) electrons. The molecule has 0 unspecified atom stereocenters. The van der Waals surface area contributed by atoms with E-state index in [0.717, 1.165) is 0 Å². The zero-order chi connectivity index (χ0) is 6.69. The van der Waals surface area contributed by atoms with Gasteiger partial charge in [-0.05, 0) is 12.1 Å².